The van der Waals surface area contributed by atoms with E-state index in [0.29, 0.717) is 22.3 Å². The standard InChI is InChI=1S/C26H37N10O10PS/c1-13-18(20(42-7-5-40-3)26(44-13)36-12-34-16-22(28)30-10-32-24(16)36)46-47(38,48)43-8-14-17(37)19(41-6-4-39-2)25(45-14)35-11-33-15-21(27)29-9-31-23(15)35/h9-14,17-20,25-26,37H,4-8H2,1-3H3,(H,38,48)(H2,27,29,31)(H2,28,30,32)/t13-,14-,17?,18?,19+,20+,25-,26-,47?/m1/s1. The van der Waals surface area contributed by atoms with Gasteiger partial charge in [-0.15, -0.1) is 0 Å². The number of imidazole rings is 2. The lowest BCUT2D eigenvalue weighted by Gasteiger charge is -2.28. The summed E-state index contributed by atoms with van der Waals surface area (Å²) in [5.74, 6) is 0.389. The van der Waals surface area contributed by atoms with Crippen LogP contribution in [-0.4, -0.2) is 133 Å². The van der Waals surface area contributed by atoms with Crippen molar-refractivity contribution in [2.45, 2.75) is 56.0 Å². The van der Waals surface area contributed by atoms with E-state index in [0.717, 1.165) is 0 Å². The zero-order valence-corrected chi connectivity index (χ0v) is 27.9. The number of ether oxygens (including phenoxy) is 6. The summed E-state index contributed by atoms with van der Waals surface area (Å²) in [6.45, 7) is -1.71. The highest BCUT2D eigenvalue weighted by atomic mass is 32.5. The number of nitrogen functional groups attached to an aromatic ring is 2. The maximum atomic E-state index is 11.3. The van der Waals surface area contributed by atoms with Gasteiger partial charge in [-0.3, -0.25) is 13.7 Å². The Morgan fingerprint density at radius 2 is 1.35 bits per heavy atom. The van der Waals surface area contributed by atoms with Gasteiger partial charge >= 0.3 is 6.72 Å². The Hall–Kier alpha value is -3.05. The number of nitrogens with two attached hydrogens (primary N) is 2. The molecule has 6 N–H and O–H groups in total. The SMILES string of the molecule is COCCO[C@H]1C(OP(O)(=S)OC[C@H]2O[C@@H](n3cnc4c(N)ncnc43)[C@@H](OCCOC)C2O)[C@@H](C)O[C@H]1n1cnc2c(N)ncnc21. The third-order valence-electron chi connectivity index (χ3n) is 7.91. The number of methoxy groups -OCH3 is 2. The van der Waals surface area contributed by atoms with Crippen molar-refractivity contribution in [3.8, 4) is 0 Å². The maximum absolute atomic E-state index is 11.3. The minimum Gasteiger partial charge on any atom is -0.387 e. The summed E-state index contributed by atoms with van der Waals surface area (Å²) in [5, 5.41) is 11.3. The van der Waals surface area contributed by atoms with Crippen molar-refractivity contribution in [3.05, 3.63) is 25.3 Å². The minimum absolute atomic E-state index is 0.159. The Bertz CT molecular complexity index is 1750. The van der Waals surface area contributed by atoms with Gasteiger partial charge in [-0.1, -0.05) is 0 Å². The highest BCUT2D eigenvalue weighted by Crippen LogP contribution is 2.50. The minimum atomic E-state index is -4.00. The molecule has 2 fully saturated rings. The summed E-state index contributed by atoms with van der Waals surface area (Å²) >= 11 is 5.43. The monoisotopic (exact) mass is 712 g/mol. The number of aliphatic hydroxyl groups is 1. The Morgan fingerprint density at radius 1 is 0.812 bits per heavy atom. The fourth-order valence-electron chi connectivity index (χ4n) is 5.61. The molecule has 20 nitrogen and oxygen atoms in total. The van der Waals surface area contributed by atoms with Gasteiger partial charge in [0.15, 0.2) is 35.4 Å². The molecule has 2 saturated heterocycles. The van der Waals surface area contributed by atoms with E-state index in [-0.39, 0.29) is 44.7 Å². The molecule has 0 aliphatic carbocycles. The molecule has 6 rings (SSSR count). The molecule has 3 unspecified atom stereocenters. The molecule has 0 aromatic carbocycles. The van der Waals surface area contributed by atoms with E-state index in [4.69, 9.17) is 60.7 Å². The normalized spacial score (nSPS) is 28.9. The largest absolute Gasteiger partial charge is 0.387 e. The average Bonchev–Trinajstić information content (AvgIpc) is 3.82. The van der Waals surface area contributed by atoms with Crippen molar-refractivity contribution in [2.75, 3.05) is 58.7 Å². The Labute approximate surface area is 278 Å². The van der Waals surface area contributed by atoms with Gasteiger partial charge in [-0.05, 0) is 18.7 Å². The third kappa shape index (κ3) is 6.99. The van der Waals surface area contributed by atoms with Gasteiger partial charge in [-0.2, -0.15) is 0 Å². The number of fused-ring (bicyclic) bond motifs is 2. The Balaban J connectivity index is 1.18. The van der Waals surface area contributed by atoms with Crippen molar-refractivity contribution < 1.29 is 47.5 Å². The molecule has 0 bridgehead atoms. The van der Waals surface area contributed by atoms with Crippen LogP contribution in [0.15, 0.2) is 25.3 Å². The molecule has 0 amide bonds. The van der Waals surface area contributed by atoms with E-state index >= 15 is 0 Å². The summed E-state index contributed by atoms with van der Waals surface area (Å²) in [7, 11) is 3.08. The summed E-state index contributed by atoms with van der Waals surface area (Å²) in [6, 6.07) is 0. The van der Waals surface area contributed by atoms with E-state index in [1.807, 2.05) is 0 Å². The van der Waals surface area contributed by atoms with E-state index in [1.54, 1.807) is 23.2 Å². The molecule has 0 radical (unpaired) electrons. The van der Waals surface area contributed by atoms with Crippen LogP contribution in [0.25, 0.3) is 22.3 Å². The van der Waals surface area contributed by atoms with Crippen LogP contribution in [-0.2, 0) is 49.3 Å². The van der Waals surface area contributed by atoms with Crippen LogP contribution in [0.1, 0.15) is 19.4 Å². The molecule has 0 saturated carbocycles. The molecule has 48 heavy (non-hydrogen) atoms. The number of nitrogens with zero attached hydrogens (tertiary/aromatic N) is 8. The molecule has 0 spiro atoms. The van der Waals surface area contributed by atoms with Gasteiger partial charge in [0, 0.05) is 14.2 Å². The van der Waals surface area contributed by atoms with Gasteiger partial charge in [-0.25, -0.2) is 29.9 Å². The van der Waals surface area contributed by atoms with E-state index < -0.39 is 55.8 Å². The quantitative estimate of drug-likeness (QED) is 0.0910. The fourth-order valence-corrected chi connectivity index (χ4v) is 7.09. The van der Waals surface area contributed by atoms with Crippen molar-refractivity contribution in [1.29, 1.82) is 0 Å². The van der Waals surface area contributed by atoms with Crippen LogP contribution in [0.4, 0.5) is 11.6 Å². The maximum Gasteiger partial charge on any atom is 0.325 e. The van der Waals surface area contributed by atoms with E-state index in [1.165, 1.54) is 32.4 Å². The second kappa shape index (κ2) is 14.8. The molecule has 2 aliphatic rings. The summed E-state index contributed by atoms with van der Waals surface area (Å²) in [4.78, 5) is 36.4. The number of aromatic nitrogens is 8. The number of hydrogen-bond donors (Lipinski definition) is 4. The number of anilines is 2. The van der Waals surface area contributed by atoms with Crippen LogP contribution in [0, 0.1) is 0 Å². The van der Waals surface area contributed by atoms with Gasteiger partial charge in [0.2, 0.25) is 0 Å². The molecule has 9 atom stereocenters. The molecule has 4 aromatic rings. The highest BCUT2D eigenvalue weighted by Gasteiger charge is 2.50. The van der Waals surface area contributed by atoms with Crippen molar-refractivity contribution in [2.24, 2.45) is 0 Å². The van der Waals surface area contributed by atoms with Gasteiger partial charge in [0.05, 0.1) is 51.8 Å². The lowest BCUT2D eigenvalue weighted by atomic mass is 10.1. The lowest BCUT2D eigenvalue weighted by molar-refractivity contribution is -0.0797. The molecule has 4 aromatic heterocycles. The van der Waals surface area contributed by atoms with Crippen LogP contribution >= 0.6 is 6.72 Å². The highest BCUT2D eigenvalue weighted by molar-refractivity contribution is 8.07. The van der Waals surface area contributed by atoms with Crippen molar-refractivity contribution in [1.82, 2.24) is 39.0 Å². The topological polar surface area (TPSA) is 254 Å². The smallest absolute Gasteiger partial charge is 0.325 e. The molecule has 6 heterocycles. The predicted octanol–water partition coefficient (Wildman–Crippen LogP) is -0.312. The third-order valence-corrected chi connectivity index (χ3v) is 9.47. The van der Waals surface area contributed by atoms with E-state index in [9.17, 15) is 10.00 Å². The zero-order valence-electron chi connectivity index (χ0n) is 26.2. The Morgan fingerprint density at radius 3 is 1.92 bits per heavy atom. The van der Waals surface area contributed by atoms with Gasteiger partial charge in [0.1, 0.15) is 54.2 Å². The number of rotatable bonds is 15. The summed E-state index contributed by atoms with van der Waals surface area (Å²) < 4.78 is 49.8. The van der Waals surface area contributed by atoms with Gasteiger partial charge in [0.25, 0.3) is 0 Å². The fraction of sp³-hybridized carbons (Fsp3) is 0.615. The van der Waals surface area contributed by atoms with Crippen LogP contribution in [0.2, 0.25) is 0 Å². The van der Waals surface area contributed by atoms with E-state index in [2.05, 4.69) is 29.9 Å². The predicted molar refractivity (Wildman–Crippen MR) is 170 cm³/mol. The first kappa shape index (κ1) is 34.8. The molecule has 2 aliphatic heterocycles. The molecular formula is C26H37N10O10PS. The second-order valence-corrected chi connectivity index (χ2v) is 13.7. The first-order valence-electron chi connectivity index (χ1n) is 14.8. The van der Waals surface area contributed by atoms with Crippen LogP contribution < -0.4 is 11.5 Å². The van der Waals surface area contributed by atoms with Gasteiger partial charge < -0.3 is 54.4 Å². The Kier molecular flexibility index (Phi) is 10.7. The number of aliphatic hydroxyl groups excluding tert-OH is 1. The first-order valence-corrected chi connectivity index (χ1v) is 17.4. The van der Waals surface area contributed by atoms with Crippen molar-refractivity contribution >= 4 is 52.5 Å². The molecule has 262 valence electrons. The second-order valence-electron chi connectivity index (χ2n) is 10.9. The zero-order chi connectivity index (χ0) is 34.0. The number of hydrogen-bond acceptors (Lipinski definition) is 18. The summed E-state index contributed by atoms with van der Waals surface area (Å²) in [6.07, 6.45) is -1.53. The molecular weight excluding hydrogens is 675 g/mol. The molecule has 22 heteroatoms. The average molecular weight is 713 g/mol. The van der Waals surface area contributed by atoms with Crippen LogP contribution in [0.3, 0.4) is 0 Å². The first-order chi connectivity index (χ1) is 23.1. The summed E-state index contributed by atoms with van der Waals surface area (Å²) in [5.41, 5.74) is 13.5. The lowest BCUT2D eigenvalue weighted by Crippen LogP contribution is -2.37. The van der Waals surface area contributed by atoms with Crippen LogP contribution in [0.5, 0.6) is 0 Å². The van der Waals surface area contributed by atoms with Crippen molar-refractivity contribution in [3.63, 3.8) is 0 Å².